The molecule has 3 aromatic rings. The number of ketones is 2. The van der Waals surface area contributed by atoms with Gasteiger partial charge in [-0.25, -0.2) is 22.2 Å². The molecule has 0 aromatic carbocycles. The van der Waals surface area contributed by atoms with Crippen molar-refractivity contribution in [3.8, 4) is 5.88 Å². The minimum Gasteiger partial charge on any atom is -0.479 e. The van der Waals surface area contributed by atoms with Crippen LogP contribution in [-0.4, -0.2) is 53.3 Å². The molecule has 0 aliphatic rings. The maximum atomic E-state index is 12.8. The van der Waals surface area contributed by atoms with Gasteiger partial charge >= 0.3 is 0 Å². The maximum Gasteiger partial charge on any atom is 0.296 e. The number of rotatable bonds is 8. The number of aryl methyl sites for hydroxylation is 1. The number of anilines is 1. The molecule has 3 aromatic heterocycles. The van der Waals surface area contributed by atoms with Gasteiger partial charge < -0.3 is 4.74 Å². The fourth-order valence-electron chi connectivity index (χ4n) is 2.62. The van der Waals surface area contributed by atoms with Gasteiger partial charge in [0.2, 0.25) is 11.7 Å². The maximum absolute atomic E-state index is 12.8. The highest BCUT2D eigenvalue weighted by atomic mass is 32.2. The highest BCUT2D eigenvalue weighted by molar-refractivity contribution is 7.92. The third-order valence-corrected chi connectivity index (χ3v) is 5.41. The minimum absolute atomic E-state index is 0.0138. The van der Waals surface area contributed by atoms with E-state index in [0.29, 0.717) is 10.9 Å². The van der Waals surface area contributed by atoms with Crippen LogP contribution in [0, 0.1) is 0 Å². The molecule has 13 heteroatoms. The molecule has 30 heavy (non-hydrogen) atoms. The van der Waals surface area contributed by atoms with Crippen molar-refractivity contribution in [3.05, 3.63) is 36.4 Å². The molecule has 0 radical (unpaired) electrons. The Hall–Kier alpha value is -3.48. The number of halogens is 2. The minimum atomic E-state index is -4.18. The first-order valence-electron chi connectivity index (χ1n) is 8.31. The van der Waals surface area contributed by atoms with Gasteiger partial charge in [-0.3, -0.25) is 24.0 Å². The summed E-state index contributed by atoms with van der Waals surface area (Å²) in [6.45, 7) is 0. The van der Waals surface area contributed by atoms with E-state index in [1.807, 2.05) is 0 Å². The van der Waals surface area contributed by atoms with Crippen molar-refractivity contribution in [1.82, 2.24) is 19.7 Å². The monoisotopic (exact) mass is 439 g/mol. The molecule has 0 saturated heterocycles. The van der Waals surface area contributed by atoms with Gasteiger partial charge in [-0.1, -0.05) is 0 Å². The fraction of sp³-hybridized carbons (Fsp3) is 0.235. The van der Waals surface area contributed by atoms with Gasteiger partial charge in [0.15, 0.2) is 5.78 Å². The molecule has 3 rings (SSSR count). The molecule has 0 saturated carbocycles. The van der Waals surface area contributed by atoms with E-state index in [2.05, 4.69) is 19.8 Å². The standard InChI is InChI=1S/C17H15F2N5O5S/c1-24-15-9(7-22-24)6-21-17(29-2)14(15)23-30(27,28)10-3-4-11(20-8-10)12(25)5-13(26)16(18)19/h3-4,6-8,16,23H,5H2,1-2H3. The van der Waals surface area contributed by atoms with Crippen LogP contribution in [0.1, 0.15) is 16.9 Å². The zero-order valence-electron chi connectivity index (χ0n) is 15.7. The molecule has 3 heterocycles. The quantitative estimate of drug-likeness (QED) is 0.413. The number of pyridine rings is 2. The van der Waals surface area contributed by atoms with Gasteiger partial charge in [0, 0.05) is 24.8 Å². The van der Waals surface area contributed by atoms with Crippen LogP contribution in [-0.2, 0) is 21.9 Å². The number of methoxy groups -OCH3 is 1. The predicted molar refractivity (Wildman–Crippen MR) is 100 cm³/mol. The largest absolute Gasteiger partial charge is 0.479 e. The molecule has 0 unspecified atom stereocenters. The first-order chi connectivity index (χ1) is 14.1. The van der Waals surface area contributed by atoms with Crippen molar-refractivity contribution in [2.45, 2.75) is 17.7 Å². The summed E-state index contributed by atoms with van der Waals surface area (Å²) in [5, 5.41) is 4.63. The van der Waals surface area contributed by atoms with E-state index in [1.54, 1.807) is 7.05 Å². The third kappa shape index (κ3) is 4.10. The number of nitrogens with one attached hydrogen (secondary N) is 1. The van der Waals surface area contributed by atoms with Gasteiger partial charge in [-0.05, 0) is 12.1 Å². The van der Waals surface area contributed by atoms with Crippen molar-refractivity contribution < 1.29 is 31.5 Å². The Balaban J connectivity index is 1.90. The molecular formula is C17H15F2N5O5S. The average Bonchev–Trinajstić information content (AvgIpc) is 3.09. The number of sulfonamides is 1. The molecule has 0 amide bonds. The zero-order valence-corrected chi connectivity index (χ0v) is 16.5. The SMILES string of the molecule is COc1ncc2cnn(C)c2c1NS(=O)(=O)c1ccc(C(=O)CC(=O)C(F)F)nc1. The molecule has 158 valence electrons. The van der Waals surface area contributed by atoms with Crippen molar-refractivity contribution in [3.63, 3.8) is 0 Å². The lowest BCUT2D eigenvalue weighted by Gasteiger charge is -2.13. The van der Waals surface area contributed by atoms with Crippen LogP contribution in [0.2, 0.25) is 0 Å². The molecule has 0 spiro atoms. The van der Waals surface area contributed by atoms with Crippen molar-refractivity contribution in [2.24, 2.45) is 7.05 Å². The Morgan fingerprint density at radius 3 is 2.53 bits per heavy atom. The lowest BCUT2D eigenvalue weighted by Crippen LogP contribution is -2.17. The summed E-state index contributed by atoms with van der Waals surface area (Å²) in [5.41, 5.74) is 0.171. The van der Waals surface area contributed by atoms with E-state index in [0.717, 1.165) is 18.3 Å². The molecule has 0 aliphatic carbocycles. The van der Waals surface area contributed by atoms with Gasteiger partial charge in [0.1, 0.15) is 16.3 Å². The second kappa shape index (κ2) is 8.10. The molecule has 0 fully saturated rings. The summed E-state index contributed by atoms with van der Waals surface area (Å²) < 4.78 is 59.1. The van der Waals surface area contributed by atoms with E-state index >= 15 is 0 Å². The van der Waals surface area contributed by atoms with Crippen LogP contribution in [0.25, 0.3) is 10.9 Å². The Morgan fingerprint density at radius 1 is 1.20 bits per heavy atom. The Labute approximate surface area is 168 Å². The summed E-state index contributed by atoms with van der Waals surface area (Å²) in [6, 6.07) is 2.11. The highest BCUT2D eigenvalue weighted by Crippen LogP contribution is 2.32. The summed E-state index contributed by atoms with van der Waals surface area (Å²) in [7, 11) is -1.25. The number of fused-ring (bicyclic) bond motifs is 1. The van der Waals surface area contributed by atoms with E-state index in [1.165, 1.54) is 24.2 Å². The Kier molecular flexibility index (Phi) is 5.73. The van der Waals surface area contributed by atoms with Gasteiger partial charge in [-0.2, -0.15) is 5.10 Å². The number of alkyl halides is 2. The number of carbonyl (C=O) groups is 2. The second-order valence-corrected chi connectivity index (χ2v) is 7.75. The molecule has 0 atom stereocenters. The third-order valence-electron chi connectivity index (χ3n) is 4.08. The van der Waals surface area contributed by atoms with Crippen LogP contribution in [0.5, 0.6) is 5.88 Å². The number of hydrogen-bond acceptors (Lipinski definition) is 8. The van der Waals surface area contributed by atoms with Crippen LogP contribution < -0.4 is 9.46 Å². The first-order valence-corrected chi connectivity index (χ1v) is 9.80. The van der Waals surface area contributed by atoms with Gasteiger partial charge in [-0.15, -0.1) is 0 Å². The average molecular weight is 439 g/mol. The van der Waals surface area contributed by atoms with Crippen LogP contribution in [0.3, 0.4) is 0 Å². The van der Waals surface area contributed by atoms with Crippen LogP contribution >= 0.6 is 0 Å². The lowest BCUT2D eigenvalue weighted by molar-refractivity contribution is -0.128. The van der Waals surface area contributed by atoms with Crippen molar-refractivity contribution in [1.29, 1.82) is 0 Å². The zero-order chi connectivity index (χ0) is 22.1. The lowest BCUT2D eigenvalue weighted by atomic mass is 10.1. The summed E-state index contributed by atoms with van der Waals surface area (Å²) >= 11 is 0. The fourth-order valence-corrected chi connectivity index (χ4v) is 3.63. The highest BCUT2D eigenvalue weighted by Gasteiger charge is 2.24. The number of nitrogens with zero attached hydrogens (tertiary/aromatic N) is 4. The molecule has 10 nitrogen and oxygen atoms in total. The second-order valence-electron chi connectivity index (χ2n) is 6.07. The van der Waals surface area contributed by atoms with Crippen molar-refractivity contribution in [2.75, 3.05) is 11.8 Å². The summed E-state index contributed by atoms with van der Waals surface area (Å²) in [4.78, 5) is 30.2. The van der Waals surface area contributed by atoms with Gasteiger partial charge in [0.05, 0.1) is 25.2 Å². The van der Waals surface area contributed by atoms with E-state index in [9.17, 15) is 26.8 Å². The Morgan fingerprint density at radius 2 is 1.93 bits per heavy atom. The van der Waals surface area contributed by atoms with Crippen LogP contribution in [0.4, 0.5) is 14.5 Å². The topological polar surface area (TPSA) is 133 Å². The number of Topliss-reactive ketones (excluding diaryl/α,β-unsaturated/α-hetero) is 2. The summed E-state index contributed by atoms with van der Waals surface area (Å²) in [6.07, 6.45) is -0.438. The number of hydrogen-bond donors (Lipinski definition) is 1. The van der Waals surface area contributed by atoms with Crippen molar-refractivity contribution >= 4 is 38.2 Å². The van der Waals surface area contributed by atoms with E-state index in [-0.39, 0.29) is 22.2 Å². The van der Waals surface area contributed by atoms with Gasteiger partial charge in [0.25, 0.3) is 16.4 Å². The summed E-state index contributed by atoms with van der Waals surface area (Å²) in [5.74, 6) is -2.47. The predicted octanol–water partition coefficient (Wildman–Crippen LogP) is 1.58. The first kappa shape index (κ1) is 21.2. The molecule has 1 N–H and O–H groups in total. The molecule has 0 aliphatic heterocycles. The smallest absolute Gasteiger partial charge is 0.296 e. The number of carbonyl (C=O) groups excluding carboxylic acids is 2. The normalized spacial score (nSPS) is 11.6. The van der Waals surface area contributed by atoms with E-state index in [4.69, 9.17) is 4.74 Å². The molecular weight excluding hydrogens is 424 g/mol. The number of ether oxygens (including phenoxy) is 1. The van der Waals surface area contributed by atoms with Crippen LogP contribution in [0.15, 0.2) is 35.6 Å². The molecule has 0 bridgehead atoms. The number of aromatic nitrogens is 4. The van der Waals surface area contributed by atoms with E-state index < -0.39 is 34.4 Å². The Bertz CT molecular complexity index is 1230.